The molecule has 1 aromatic rings. The first-order chi connectivity index (χ1) is 8.34. The number of rotatable bonds is 2. The van der Waals surface area contributed by atoms with Gasteiger partial charge in [0.15, 0.2) is 0 Å². The molecule has 1 amide bonds. The van der Waals surface area contributed by atoms with E-state index in [4.69, 9.17) is 0 Å². The highest BCUT2D eigenvalue weighted by Crippen LogP contribution is 2.28. The van der Waals surface area contributed by atoms with Crippen molar-refractivity contribution in [1.82, 2.24) is 15.3 Å². The first-order valence-electron chi connectivity index (χ1n) is 5.31. The van der Waals surface area contributed by atoms with Crippen LogP contribution in [0.3, 0.4) is 0 Å². The predicted octanol–water partition coefficient (Wildman–Crippen LogP) is 1.10. The van der Waals surface area contributed by atoms with E-state index in [2.05, 4.69) is 20.6 Å². The topological polar surface area (TPSA) is 66.9 Å². The van der Waals surface area contributed by atoms with Gasteiger partial charge in [-0.2, -0.15) is 13.2 Å². The fraction of sp³-hybridized carbons (Fsp3) is 0.500. The summed E-state index contributed by atoms with van der Waals surface area (Å²) in [7, 11) is 0. The summed E-state index contributed by atoms with van der Waals surface area (Å²) in [6.45, 7) is 1.82. The van der Waals surface area contributed by atoms with Crippen LogP contribution in [0.15, 0.2) is 6.07 Å². The van der Waals surface area contributed by atoms with Crippen LogP contribution < -0.4 is 10.6 Å². The Kier molecular flexibility index (Phi) is 3.10. The van der Waals surface area contributed by atoms with E-state index in [0.717, 1.165) is 6.07 Å². The molecule has 5 nitrogen and oxygen atoms in total. The molecule has 1 atom stereocenters. The summed E-state index contributed by atoms with van der Waals surface area (Å²) in [6.07, 6.45) is -4.30. The number of alkyl halides is 3. The van der Waals surface area contributed by atoms with Crippen molar-refractivity contribution >= 4 is 11.9 Å². The maximum atomic E-state index is 12.5. The van der Waals surface area contributed by atoms with E-state index in [1.165, 1.54) is 6.92 Å². The second-order valence-corrected chi connectivity index (χ2v) is 4.07. The number of carbonyl (C=O) groups is 1. The molecule has 1 aliphatic heterocycles. The van der Waals surface area contributed by atoms with Crippen molar-refractivity contribution in [3.8, 4) is 0 Å². The zero-order chi connectivity index (χ0) is 13.3. The van der Waals surface area contributed by atoms with Crippen molar-refractivity contribution in [2.24, 2.45) is 0 Å². The second kappa shape index (κ2) is 4.43. The summed E-state index contributed by atoms with van der Waals surface area (Å²) in [5.41, 5.74) is -0.771. The van der Waals surface area contributed by atoms with Gasteiger partial charge in [0.25, 0.3) is 0 Å². The van der Waals surface area contributed by atoms with Crippen molar-refractivity contribution < 1.29 is 18.0 Å². The van der Waals surface area contributed by atoms with Crippen LogP contribution in [-0.2, 0) is 11.0 Å². The predicted molar refractivity (Wildman–Crippen MR) is 56.8 cm³/mol. The number of amides is 1. The molecule has 1 aliphatic rings. The maximum Gasteiger partial charge on any atom is 0.433 e. The molecule has 0 spiro atoms. The van der Waals surface area contributed by atoms with Gasteiger partial charge in [-0.15, -0.1) is 0 Å². The van der Waals surface area contributed by atoms with Crippen LogP contribution in [0.1, 0.15) is 17.8 Å². The zero-order valence-electron chi connectivity index (χ0n) is 9.51. The number of hydrogen-bond donors (Lipinski definition) is 2. The van der Waals surface area contributed by atoms with E-state index in [9.17, 15) is 18.0 Å². The van der Waals surface area contributed by atoms with Crippen LogP contribution in [0.4, 0.5) is 19.1 Å². The lowest BCUT2D eigenvalue weighted by atomic mass is 10.2. The highest BCUT2D eigenvalue weighted by molar-refractivity contribution is 5.79. The fourth-order valence-corrected chi connectivity index (χ4v) is 1.67. The Bertz CT molecular complexity index is 475. The fourth-order valence-electron chi connectivity index (χ4n) is 1.67. The Balaban J connectivity index is 2.18. The van der Waals surface area contributed by atoms with Gasteiger partial charge in [-0.1, -0.05) is 0 Å². The monoisotopic (exact) mass is 260 g/mol. The molecule has 2 N–H and O–H groups in total. The van der Waals surface area contributed by atoms with Crippen molar-refractivity contribution in [1.29, 1.82) is 0 Å². The van der Waals surface area contributed by atoms with Gasteiger partial charge in [-0.05, 0) is 13.0 Å². The van der Waals surface area contributed by atoms with Gasteiger partial charge < -0.3 is 10.6 Å². The molecule has 8 heteroatoms. The number of anilines is 1. The number of nitrogens with zero attached hydrogens (tertiary/aromatic N) is 2. The van der Waals surface area contributed by atoms with E-state index in [1.807, 2.05) is 0 Å². The molecule has 2 heterocycles. The van der Waals surface area contributed by atoms with E-state index < -0.39 is 11.9 Å². The number of aryl methyl sites for hydroxylation is 1. The summed E-state index contributed by atoms with van der Waals surface area (Å²) in [4.78, 5) is 18.2. The first-order valence-corrected chi connectivity index (χ1v) is 5.31. The molecule has 0 aromatic carbocycles. The van der Waals surface area contributed by atoms with Crippen LogP contribution in [0, 0.1) is 6.92 Å². The van der Waals surface area contributed by atoms with Crippen molar-refractivity contribution in [3.63, 3.8) is 0 Å². The highest BCUT2D eigenvalue weighted by Gasteiger charge is 2.33. The van der Waals surface area contributed by atoms with Crippen molar-refractivity contribution in [3.05, 3.63) is 17.5 Å². The van der Waals surface area contributed by atoms with E-state index in [0.29, 0.717) is 6.54 Å². The summed E-state index contributed by atoms with van der Waals surface area (Å²) in [5, 5.41) is 5.29. The Labute approximate surface area is 101 Å². The van der Waals surface area contributed by atoms with Crippen molar-refractivity contribution in [2.75, 3.05) is 11.9 Å². The lowest BCUT2D eigenvalue weighted by molar-refractivity contribution is -0.141. The maximum absolute atomic E-state index is 12.5. The molecule has 0 radical (unpaired) electrons. The largest absolute Gasteiger partial charge is 0.433 e. The third-order valence-corrected chi connectivity index (χ3v) is 2.46. The zero-order valence-corrected chi connectivity index (χ0v) is 9.51. The summed E-state index contributed by atoms with van der Waals surface area (Å²) >= 11 is 0. The number of aromatic nitrogens is 2. The third-order valence-electron chi connectivity index (χ3n) is 2.46. The summed E-state index contributed by atoms with van der Waals surface area (Å²) in [5.74, 6) is -0.250. The molecule has 98 valence electrons. The Morgan fingerprint density at radius 2 is 2.17 bits per heavy atom. The first kappa shape index (κ1) is 12.6. The van der Waals surface area contributed by atoms with E-state index >= 15 is 0 Å². The normalized spacial score (nSPS) is 19.8. The molecule has 0 saturated carbocycles. The molecule has 1 fully saturated rings. The Morgan fingerprint density at radius 1 is 1.44 bits per heavy atom. The lowest BCUT2D eigenvalue weighted by Crippen LogP contribution is -2.24. The van der Waals surface area contributed by atoms with Gasteiger partial charge in [0, 0.05) is 18.7 Å². The van der Waals surface area contributed by atoms with Gasteiger partial charge in [0.1, 0.15) is 5.69 Å². The number of nitrogens with one attached hydrogen (secondary N) is 2. The summed E-state index contributed by atoms with van der Waals surface area (Å²) in [6, 6.07) is 0.601. The molecule has 2 rings (SSSR count). The van der Waals surface area contributed by atoms with Gasteiger partial charge in [-0.3, -0.25) is 4.79 Å². The molecule has 18 heavy (non-hydrogen) atoms. The lowest BCUT2D eigenvalue weighted by Gasteiger charge is -2.13. The standard InChI is InChI=1S/C10H11F3N4O/c1-5-2-7(10(11,12)13)17-9(15-5)16-6-3-8(18)14-4-6/h2,6H,3-4H2,1H3,(H,14,18)(H,15,16,17). The smallest absolute Gasteiger partial charge is 0.354 e. The van der Waals surface area contributed by atoms with Crippen LogP contribution in [0.2, 0.25) is 0 Å². The average Bonchev–Trinajstić information content (AvgIpc) is 2.61. The minimum atomic E-state index is -4.51. The van der Waals surface area contributed by atoms with Gasteiger partial charge in [0.2, 0.25) is 11.9 Å². The molecular weight excluding hydrogens is 249 g/mol. The Morgan fingerprint density at radius 3 is 2.72 bits per heavy atom. The van der Waals surface area contributed by atoms with Crippen LogP contribution >= 0.6 is 0 Å². The van der Waals surface area contributed by atoms with Crippen molar-refractivity contribution in [2.45, 2.75) is 25.6 Å². The second-order valence-electron chi connectivity index (χ2n) is 4.07. The molecule has 1 aromatic heterocycles. The number of carbonyl (C=O) groups excluding carboxylic acids is 1. The molecule has 0 aliphatic carbocycles. The minimum Gasteiger partial charge on any atom is -0.354 e. The van der Waals surface area contributed by atoms with Gasteiger partial charge in [0.05, 0.1) is 6.04 Å². The van der Waals surface area contributed by atoms with Crippen LogP contribution in [0.5, 0.6) is 0 Å². The van der Waals surface area contributed by atoms with E-state index in [1.54, 1.807) is 0 Å². The molecule has 0 bridgehead atoms. The highest BCUT2D eigenvalue weighted by atomic mass is 19.4. The van der Waals surface area contributed by atoms with E-state index in [-0.39, 0.29) is 30.0 Å². The van der Waals surface area contributed by atoms with Crippen LogP contribution in [0.25, 0.3) is 0 Å². The minimum absolute atomic E-state index is 0.108. The molecule has 1 unspecified atom stereocenters. The average molecular weight is 260 g/mol. The van der Waals surface area contributed by atoms with Crippen LogP contribution in [-0.4, -0.2) is 28.5 Å². The SMILES string of the molecule is Cc1cc(C(F)(F)F)nc(NC2CNC(=O)C2)n1. The third kappa shape index (κ3) is 2.88. The van der Waals surface area contributed by atoms with Gasteiger partial charge in [-0.25, -0.2) is 9.97 Å². The molecule has 1 saturated heterocycles. The van der Waals surface area contributed by atoms with Gasteiger partial charge >= 0.3 is 6.18 Å². The number of halogens is 3. The summed E-state index contributed by atoms with van der Waals surface area (Å²) < 4.78 is 37.6. The Hall–Kier alpha value is -1.86. The number of hydrogen-bond acceptors (Lipinski definition) is 4. The quantitative estimate of drug-likeness (QED) is 0.835. The molecular formula is C10H11F3N4O.